The lowest BCUT2D eigenvalue weighted by atomic mass is 10.2. The summed E-state index contributed by atoms with van der Waals surface area (Å²) in [6.07, 6.45) is 0.718. The molecule has 2 aromatic rings. The summed E-state index contributed by atoms with van der Waals surface area (Å²) in [7, 11) is 0. The Morgan fingerprint density at radius 2 is 2.25 bits per heavy atom. The van der Waals surface area contributed by atoms with Crippen molar-refractivity contribution in [1.29, 1.82) is 0 Å². The molecule has 1 N–H and O–H groups in total. The van der Waals surface area contributed by atoms with Gasteiger partial charge in [-0.15, -0.1) is 0 Å². The molecular weight excluding hydrogens is 274 g/mol. The van der Waals surface area contributed by atoms with E-state index >= 15 is 0 Å². The first-order valence-corrected chi connectivity index (χ1v) is 7.50. The van der Waals surface area contributed by atoms with E-state index in [1.165, 1.54) is 11.8 Å². The SMILES string of the molecule is CCNc1nc(S[C@@H]2CCOC2=O)nc2ccccc12. The average molecular weight is 289 g/mol. The molecule has 1 saturated heterocycles. The van der Waals surface area contributed by atoms with Crippen LogP contribution >= 0.6 is 11.8 Å². The van der Waals surface area contributed by atoms with E-state index < -0.39 is 0 Å². The summed E-state index contributed by atoms with van der Waals surface area (Å²) in [6.45, 7) is 3.30. The van der Waals surface area contributed by atoms with Crippen LogP contribution < -0.4 is 5.32 Å². The monoisotopic (exact) mass is 289 g/mol. The standard InChI is InChI=1S/C14H15N3O2S/c1-2-15-12-9-5-3-4-6-10(9)16-14(17-12)20-11-7-8-19-13(11)18/h3-6,11H,2,7-8H2,1H3,(H,15,16,17)/t11-/m1/s1. The van der Waals surface area contributed by atoms with Crippen LogP contribution in [0.3, 0.4) is 0 Å². The van der Waals surface area contributed by atoms with Crippen LogP contribution in [0.2, 0.25) is 0 Å². The number of rotatable bonds is 4. The summed E-state index contributed by atoms with van der Waals surface area (Å²) < 4.78 is 4.97. The number of esters is 1. The first-order chi connectivity index (χ1) is 9.78. The van der Waals surface area contributed by atoms with Crippen LogP contribution in [0.1, 0.15) is 13.3 Å². The Balaban J connectivity index is 1.96. The number of carbonyl (C=O) groups is 1. The van der Waals surface area contributed by atoms with E-state index in [0.29, 0.717) is 11.8 Å². The van der Waals surface area contributed by atoms with Gasteiger partial charge in [0.05, 0.1) is 12.1 Å². The van der Waals surface area contributed by atoms with E-state index in [-0.39, 0.29) is 11.2 Å². The van der Waals surface area contributed by atoms with Gasteiger partial charge in [-0.25, -0.2) is 9.97 Å². The van der Waals surface area contributed by atoms with Crippen molar-refractivity contribution >= 4 is 34.5 Å². The Labute approximate surface area is 121 Å². The molecule has 0 saturated carbocycles. The molecule has 0 unspecified atom stereocenters. The number of fused-ring (bicyclic) bond motifs is 1. The van der Waals surface area contributed by atoms with Gasteiger partial charge in [-0.3, -0.25) is 4.79 Å². The molecule has 0 radical (unpaired) electrons. The van der Waals surface area contributed by atoms with Gasteiger partial charge >= 0.3 is 5.97 Å². The lowest BCUT2D eigenvalue weighted by Gasteiger charge is -2.10. The third-order valence-electron chi connectivity index (χ3n) is 3.06. The number of hydrogen-bond acceptors (Lipinski definition) is 6. The topological polar surface area (TPSA) is 64.1 Å². The van der Waals surface area contributed by atoms with Gasteiger partial charge in [0.1, 0.15) is 11.1 Å². The van der Waals surface area contributed by atoms with E-state index in [4.69, 9.17) is 4.74 Å². The molecule has 1 aromatic carbocycles. The normalized spacial score (nSPS) is 18.2. The van der Waals surface area contributed by atoms with Crippen LogP contribution in [0.5, 0.6) is 0 Å². The molecule has 0 amide bonds. The highest BCUT2D eigenvalue weighted by molar-refractivity contribution is 8.00. The van der Waals surface area contributed by atoms with Crippen LogP contribution in [-0.4, -0.2) is 34.3 Å². The number of anilines is 1. The lowest BCUT2D eigenvalue weighted by molar-refractivity contribution is -0.137. The van der Waals surface area contributed by atoms with Gasteiger partial charge in [0, 0.05) is 18.4 Å². The minimum Gasteiger partial charge on any atom is -0.465 e. The minimum absolute atomic E-state index is 0.170. The van der Waals surface area contributed by atoms with Crippen molar-refractivity contribution in [2.75, 3.05) is 18.5 Å². The number of carbonyl (C=O) groups excluding carboxylic acids is 1. The van der Waals surface area contributed by atoms with Crippen LogP contribution in [0.4, 0.5) is 5.82 Å². The third kappa shape index (κ3) is 2.56. The van der Waals surface area contributed by atoms with Crippen LogP contribution in [0.15, 0.2) is 29.4 Å². The molecule has 2 heterocycles. The molecule has 6 heteroatoms. The maximum Gasteiger partial charge on any atom is 0.319 e. The fourth-order valence-corrected chi connectivity index (χ4v) is 3.05. The molecule has 104 valence electrons. The number of nitrogens with one attached hydrogen (secondary N) is 1. The van der Waals surface area contributed by atoms with Crippen molar-refractivity contribution in [3.05, 3.63) is 24.3 Å². The highest BCUT2D eigenvalue weighted by Gasteiger charge is 2.28. The van der Waals surface area contributed by atoms with E-state index in [0.717, 1.165) is 29.7 Å². The zero-order chi connectivity index (χ0) is 13.9. The Bertz CT molecular complexity index is 647. The number of nitrogens with zero attached hydrogens (tertiary/aromatic N) is 2. The van der Waals surface area contributed by atoms with Gasteiger partial charge in [0.2, 0.25) is 0 Å². The van der Waals surface area contributed by atoms with Crippen molar-refractivity contribution in [3.8, 4) is 0 Å². The average Bonchev–Trinajstić information content (AvgIpc) is 2.85. The number of benzene rings is 1. The quantitative estimate of drug-likeness (QED) is 0.689. The number of para-hydroxylation sites is 1. The van der Waals surface area contributed by atoms with Crippen molar-refractivity contribution in [3.63, 3.8) is 0 Å². The zero-order valence-corrected chi connectivity index (χ0v) is 11.9. The van der Waals surface area contributed by atoms with E-state index in [1.807, 2.05) is 31.2 Å². The second-order valence-corrected chi connectivity index (χ2v) is 5.63. The molecule has 3 rings (SSSR count). The third-order valence-corrected chi connectivity index (χ3v) is 4.17. The minimum atomic E-state index is -0.189. The molecule has 1 aromatic heterocycles. The van der Waals surface area contributed by atoms with E-state index in [1.54, 1.807) is 0 Å². The second-order valence-electron chi connectivity index (χ2n) is 4.46. The van der Waals surface area contributed by atoms with Gasteiger partial charge < -0.3 is 10.1 Å². The number of aromatic nitrogens is 2. The molecule has 0 aliphatic carbocycles. The van der Waals surface area contributed by atoms with Crippen LogP contribution in [-0.2, 0) is 9.53 Å². The molecule has 1 aliphatic heterocycles. The Hall–Kier alpha value is -1.82. The molecule has 20 heavy (non-hydrogen) atoms. The fourth-order valence-electron chi connectivity index (χ4n) is 2.12. The summed E-state index contributed by atoms with van der Waals surface area (Å²) in [5.41, 5.74) is 0.882. The highest BCUT2D eigenvalue weighted by Crippen LogP contribution is 2.30. The van der Waals surface area contributed by atoms with E-state index in [9.17, 15) is 4.79 Å². The van der Waals surface area contributed by atoms with Gasteiger partial charge in [-0.2, -0.15) is 0 Å². The first kappa shape index (κ1) is 13.2. The molecule has 1 atom stereocenters. The van der Waals surface area contributed by atoms with Crippen molar-refractivity contribution in [2.24, 2.45) is 0 Å². The van der Waals surface area contributed by atoms with Crippen LogP contribution in [0, 0.1) is 0 Å². The molecular formula is C14H15N3O2S. The molecule has 5 nitrogen and oxygen atoms in total. The van der Waals surface area contributed by atoms with Crippen molar-refractivity contribution < 1.29 is 9.53 Å². The van der Waals surface area contributed by atoms with Crippen molar-refractivity contribution in [2.45, 2.75) is 23.8 Å². The largest absolute Gasteiger partial charge is 0.465 e. The van der Waals surface area contributed by atoms with Gasteiger partial charge in [0.15, 0.2) is 5.16 Å². The Kier molecular flexibility index (Phi) is 3.73. The summed E-state index contributed by atoms with van der Waals surface area (Å²) >= 11 is 1.38. The summed E-state index contributed by atoms with van der Waals surface area (Å²) in [4.78, 5) is 20.6. The second kappa shape index (κ2) is 5.66. The molecule has 1 aliphatic rings. The lowest BCUT2D eigenvalue weighted by Crippen LogP contribution is -2.11. The number of cyclic esters (lactones) is 1. The maximum absolute atomic E-state index is 11.5. The Morgan fingerprint density at radius 1 is 1.40 bits per heavy atom. The molecule has 1 fully saturated rings. The predicted molar refractivity (Wildman–Crippen MR) is 78.9 cm³/mol. The summed E-state index contributed by atoms with van der Waals surface area (Å²) in [6, 6.07) is 7.86. The summed E-state index contributed by atoms with van der Waals surface area (Å²) in [5, 5.41) is 4.66. The maximum atomic E-state index is 11.5. The molecule has 0 spiro atoms. The number of hydrogen-bond donors (Lipinski definition) is 1. The fraction of sp³-hybridized carbons (Fsp3) is 0.357. The molecule has 0 bridgehead atoms. The predicted octanol–water partition coefficient (Wildman–Crippen LogP) is 2.47. The number of ether oxygens (including phenoxy) is 1. The van der Waals surface area contributed by atoms with Gasteiger partial charge in [0.25, 0.3) is 0 Å². The Morgan fingerprint density at radius 3 is 3.00 bits per heavy atom. The zero-order valence-electron chi connectivity index (χ0n) is 11.1. The van der Waals surface area contributed by atoms with E-state index in [2.05, 4.69) is 15.3 Å². The highest BCUT2D eigenvalue weighted by atomic mass is 32.2. The van der Waals surface area contributed by atoms with Gasteiger partial charge in [-0.05, 0) is 19.1 Å². The first-order valence-electron chi connectivity index (χ1n) is 6.62. The van der Waals surface area contributed by atoms with Gasteiger partial charge in [-0.1, -0.05) is 23.9 Å². The van der Waals surface area contributed by atoms with Crippen LogP contribution in [0.25, 0.3) is 10.9 Å². The van der Waals surface area contributed by atoms with Crippen molar-refractivity contribution in [1.82, 2.24) is 9.97 Å². The summed E-state index contributed by atoms with van der Waals surface area (Å²) in [5.74, 6) is 0.642. The number of thioether (sulfide) groups is 1. The smallest absolute Gasteiger partial charge is 0.319 e.